The van der Waals surface area contributed by atoms with Gasteiger partial charge in [0.15, 0.2) is 11.5 Å². The first-order valence-corrected chi connectivity index (χ1v) is 9.11. The third-order valence-corrected chi connectivity index (χ3v) is 4.06. The highest BCUT2D eigenvalue weighted by molar-refractivity contribution is 5.95. The number of esters is 1. The monoisotopic (exact) mass is 376 g/mol. The fraction of sp³-hybridized carbons (Fsp3) is 0.500. The second kappa shape index (κ2) is 8.79. The van der Waals surface area contributed by atoms with Crippen LogP contribution in [0.1, 0.15) is 46.2 Å². The van der Waals surface area contributed by atoms with Crippen molar-refractivity contribution in [3.63, 3.8) is 0 Å². The van der Waals surface area contributed by atoms with E-state index < -0.39 is 12.0 Å². The van der Waals surface area contributed by atoms with Gasteiger partial charge in [-0.2, -0.15) is 0 Å². The number of hydrogen-bond donors (Lipinski definition) is 2. The summed E-state index contributed by atoms with van der Waals surface area (Å²) < 4.78 is 16.4. The molecule has 7 heteroatoms. The molecule has 1 aromatic rings. The molecule has 0 saturated carbocycles. The summed E-state index contributed by atoms with van der Waals surface area (Å²) in [6, 6.07) is 4.34. The highest BCUT2D eigenvalue weighted by atomic mass is 16.5. The Morgan fingerprint density at radius 3 is 2.44 bits per heavy atom. The van der Waals surface area contributed by atoms with Gasteiger partial charge in [-0.1, -0.05) is 19.9 Å². The Morgan fingerprint density at radius 2 is 1.89 bits per heavy atom. The molecule has 0 fully saturated rings. The van der Waals surface area contributed by atoms with Crippen molar-refractivity contribution in [1.82, 2.24) is 10.6 Å². The quantitative estimate of drug-likeness (QED) is 0.713. The van der Waals surface area contributed by atoms with E-state index in [1.54, 1.807) is 33.1 Å². The molecule has 2 amide bonds. The zero-order valence-electron chi connectivity index (χ0n) is 16.7. The summed E-state index contributed by atoms with van der Waals surface area (Å²) in [6.45, 7) is 9.80. The first-order valence-electron chi connectivity index (χ1n) is 9.11. The molecule has 2 rings (SSSR count). The molecule has 0 aromatic heterocycles. The maximum Gasteiger partial charge on any atom is 0.338 e. The van der Waals surface area contributed by atoms with Crippen LogP contribution in [0.25, 0.3) is 0 Å². The Kier molecular flexibility index (Phi) is 6.71. The van der Waals surface area contributed by atoms with Crippen molar-refractivity contribution in [2.75, 3.05) is 13.7 Å². The van der Waals surface area contributed by atoms with Crippen LogP contribution in [0.4, 0.5) is 4.79 Å². The number of nitrogens with one attached hydrogen (secondary N) is 2. The Morgan fingerprint density at radius 1 is 1.19 bits per heavy atom. The minimum Gasteiger partial charge on any atom is -0.493 e. The average molecular weight is 376 g/mol. The Hall–Kier alpha value is -2.70. The molecule has 1 heterocycles. The molecule has 1 unspecified atom stereocenters. The molecular weight excluding hydrogens is 348 g/mol. The van der Waals surface area contributed by atoms with Crippen molar-refractivity contribution in [3.8, 4) is 11.5 Å². The first-order chi connectivity index (χ1) is 12.8. The van der Waals surface area contributed by atoms with E-state index in [2.05, 4.69) is 10.6 Å². The number of carbonyl (C=O) groups excluding carboxylic acids is 2. The third-order valence-electron chi connectivity index (χ3n) is 4.06. The van der Waals surface area contributed by atoms with Gasteiger partial charge in [-0.15, -0.1) is 0 Å². The second-order valence-electron chi connectivity index (χ2n) is 6.81. The second-order valence-corrected chi connectivity index (χ2v) is 6.81. The van der Waals surface area contributed by atoms with E-state index in [4.69, 9.17) is 14.2 Å². The van der Waals surface area contributed by atoms with Gasteiger partial charge in [0.2, 0.25) is 0 Å². The van der Waals surface area contributed by atoms with Crippen LogP contribution in [0.2, 0.25) is 0 Å². The van der Waals surface area contributed by atoms with Crippen molar-refractivity contribution in [3.05, 3.63) is 35.0 Å². The number of allylic oxidation sites excluding steroid dienone is 1. The van der Waals surface area contributed by atoms with Gasteiger partial charge in [0, 0.05) is 5.70 Å². The van der Waals surface area contributed by atoms with E-state index in [0.29, 0.717) is 34.9 Å². The van der Waals surface area contributed by atoms with Crippen molar-refractivity contribution in [2.24, 2.45) is 5.92 Å². The number of carbonyl (C=O) groups is 2. The zero-order chi connectivity index (χ0) is 20.1. The maximum absolute atomic E-state index is 12.8. The molecule has 0 aliphatic carbocycles. The van der Waals surface area contributed by atoms with Gasteiger partial charge in [0.1, 0.15) is 0 Å². The predicted molar refractivity (Wildman–Crippen MR) is 102 cm³/mol. The maximum atomic E-state index is 12.8. The number of rotatable bonds is 7. The number of ether oxygens (including phenoxy) is 3. The summed E-state index contributed by atoms with van der Waals surface area (Å²) in [5.74, 6) is 0.616. The van der Waals surface area contributed by atoms with Crippen LogP contribution >= 0.6 is 0 Å². The predicted octanol–water partition coefficient (Wildman–Crippen LogP) is 3.31. The minimum absolute atomic E-state index is 0.0575. The standard InChI is InChI=1S/C20H28N2O5/c1-7-26-14-9-8-13(10-15(14)25-6)18-16(19(23)27-12(4)5)17(11(2)3)21-20(24)22-18/h8-12,18H,7H2,1-6H3,(H2,21,22,24). The summed E-state index contributed by atoms with van der Waals surface area (Å²) in [7, 11) is 1.55. The van der Waals surface area contributed by atoms with Crippen molar-refractivity contribution >= 4 is 12.0 Å². The van der Waals surface area contributed by atoms with Crippen LogP contribution in [-0.4, -0.2) is 31.8 Å². The number of methoxy groups -OCH3 is 1. The van der Waals surface area contributed by atoms with E-state index in [1.165, 1.54) is 0 Å². The lowest BCUT2D eigenvalue weighted by molar-refractivity contribution is -0.143. The Balaban J connectivity index is 2.55. The summed E-state index contributed by atoms with van der Waals surface area (Å²) in [5.41, 5.74) is 1.66. The summed E-state index contributed by atoms with van der Waals surface area (Å²) >= 11 is 0. The first kappa shape index (κ1) is 20.6. The molecule has 0 saturated heterocycles. The molecule has 148 valence electrons. The molecule has 0 spiro atoms. The fourth-order valence-corrected chi connectivity index (χ4v) is 2.93. The van der Waals surface area contributed by atoms with Crippen LogP contribution in [0.15, 0.2) is 29.5 Å². The lowest BCUT2D eigenvalue weighted by atomic mass is 9.91. The minimum atomic E-state index is -0.646. The van der Waals surface area contributed by atoms with Gasteiger partial charge in [-0.05, 0) is 44.4 Å². The van der Waals surface area contributed by atoms with Gasteiger partial charge < -0.3 is 24.8 Å². The van der Waals surface area contributed by atoms with Crippen LogP contribution in [0.3, 0.4) is 0 Å². The largest absolute Gasteiger partial charge is 0.493 e. The normalized spacial score (nSPS) is 16.9. The van der Waals surface area contributed by atoms with Crippen molar-refractivity contribution < 1.29 is 23.8 Å². The summed E-state index contributed by atoms with van der Waals surface area (Å²) in [4.78, 5) is 25.0. The fourth-order valence-electron chi connectivity index (χ4n) is 2.93. The molecule has 1 aliphatic rings. The number of benzene rings is 1. The average Bonchev–Trinajstić information content (AvgIpc) is 2.60. The van der Waals surface area contributed by atoms with E-state index >= 15 is 0 Å². The van der Waals surface area contributed by atoms with Gasteiger partial charge in [-0.3, -0.25) is 0 Å². The molecule has 2 N–H and O–H groups in total. The molecule has 1 aliphatic heterocycles. The summed E-state index contributed by atoms with van der Waals surface area (Å²) in [6.07, 6.45) is -0.272. The van der Waals surface area contributed by atoms with Crippen molar-refractivity contribution in [2.45, 2.75) is 46.8 Å². The van der Waals surface area contributed by atoms with E-state index in [9.17, 15) is 9.59 Å². The molecule has 0 radical (unpaired) electrons. The molecule has 27 heavy (non-hydrogen) atoms. The number of amides is 2. The molecule has 1 atom stereocenters. The van der Waals surface area contributed by atoms with E-state index in [-0.39, 0.29) is 18.1 Å². The number of urea groups is 1. The van der Waals surface area contributed by atoms with Crippen LogP contribution in [0.5, 0.6) is 11.5 Å². The van der Waals surface area contributed by atoms with Gasteiger partial charge in [0.05, 0.1) is 31.4 Å². The van der Waals surface area contributed by atoms with Crippen LogP contribution in [-0.2, 0) is 9.53 Å². The van der Waals surface area contributed by atoms with Crippen LogP contribution < -0.4 is 20.1 Å². The summed E-state index contributed by atoms with van der Waals surface area (Å²) in [5, 5.41) is 5.57. The lowest BCUT2D eigenvalue weighted by Crippen LogP contribution is -2.47. The smallest absolute Gasteiger partial charge is 0.338 e. The highest BCUT2D eigenvalue weighted by Crippen LogP contribution is 2.35. The zero-order valence-corrected chi connectivity index (χ0v) is 16.7. The lowest BCUT2D eigenvalue weighted by Gasteiger charge is -2.31. The van der Waals surface area contributed by atoms with Gasteiger partial charge >= 0.3 is 12.0 Å². The van der Waals surface area contributed by atoms with Crippen LogP contribution in [0, 0.1) is 5.92 Å². The third kappa shape index (κ3) is 4.72. The number of hydrogen-bond acceptors (Lipinski definition) is 5. The molecule has 1 aromatic carbocycles. The van der Waals surface area contributed by atoms with Gasteiger partial charge in [0.25, 0.3) is 0 Å². The highest BCUT2D eigenvalue weighted by Gasteiger charge is 2.35. The topological polar surface area (TPSA) is 85.9 Å². The molecular formula is C20H28N2O5. The van der Waals surface area contributed by atoms with Gasteiger partial charge in [-0.25, -0.2) is 9.59 Å². The van der Waals surface area contributed by atoms with Crippen molar-refractivity contribution in [1.29, 1.82) is 0 Å². The molecule has 0 bridgehead atoms. The van der Waals surface area contributed by atoms with E-state index in [0.717, 1.165) is 0 Å². The Bertz CT molecular complexity index is 740. The SMILES string of the molecule is CCOc1ccc(C2NC(=O)NC(C(C)C)=C2C(=O)OC(C)C)cc1OC. The molecule has 7 nitrogen and oxygen atoms in total. The van der Waals surface area contributed by atoms with E-state index in [1.807, 2.05) is 26.8 Å². The Labute approximate surface area is 160 Å².